The molecular formula is C39H52ClN3O6S. The van der Waals surface area contributed by atoms with Crippen LogP contribution in [0.4, 0.5) is 5.69 Å². The number of anilines is 1. The predicted molar refractivity (Wildman–Crippen MR) is 196 cm³/mol. The first kappa shape index (κ1) is 35.7. The number of halogens is 1. The number of aryl methyl sites for hydroxylation is 1. The van der Waals surface area contributed by atoms with Crippen molar-refractivity contribution in [1.29, 1.82) is 0 Å². The van der Waals surface area contributed by atoms with Crippen molar-refractivity contribution < 1.29 is 27.5 Å². The van der Waals surface area contributed by atoms with Gasteiger partial charge in [-0.1, -0.05) is 37.9 Å². The van der Waals surface area contributed by atoms with Gasteiger partial charge < -0.3 is 19.2 Å². The predicted octanol–water partition coefficient (Wildman–Crippen LogP) is 6.02. The maximum atomic E-state index is 13.6. The number of amides is 1. The third-order valence-corrected chi connectivity index (χ3v) is 15.2. The first-order valence-electron chi connectivity index (χ1n) is 18.5. The average molecular weight is 726 g/mol. The fraction of sp³-hybridized carbons (Fsp3) is 0.641. The number of hydrogen-bond acceptors (Lipinski definition) is 8. The fourth-order valence-corrected chi connectivity index (χ4v) is 11.4. The maximum Gasteiger partial charge on any atom is 0.264 e. The lowest BCUT2D eigenvalue weighted by Crippen LogP contribution is -2.59. The van der Waals surface area contributed by atoms with Crippen LogP contribution in [0.25, 0.3) is 0 Å². The Bertz CT molecular complexity index is 1730. The number of sulfonamides is 1. The molecule has 1 N–H and O–H groups in total. The molecule has 2 bridgehead atoms. The largest absolute Gasteiger partial charge is 0.490 e. The molecule has 2 fully saturated rings. The SMILES string of the molecule is C[C@@H]1[C@@H](C)CCC[C@@](C=O)(CN2CCOCC2)[C@@H]2CCC2(C)CN2C[C@@]3(CCCc4cc(Cl)ccc43)COc3ccc(cc32)C(=O)NS1(=O)=O. The van der Waals surface area contributed by atoms with Crippen LogP contribution in [0.3, 0.4) is 0 Å². The summed E-state index contributed by atoms with van der Waals surface area (Å²) < 4.78 is 41.8. The minimum Gasteiger partial charge on any atom is -0.490 e. The second kappa shape index (κ2) is 13.7. The number of rotatable bonds is 3. The molecule has 0 radical (unpaired) electrons. The molecule has 9 nitrogen and oxygen atoms in total. The molecule has 1 saturated heterocycles. The molecule has 2 aromatic carbocycles. The minimum absolute atomic E-state index is 0.146. The number of nitrogens with one attached hydrogen (secondary N) is 1. The highest BCUT2D eigenvalue weighted by Gasteiger charge is 2.56. The monoisotopic (exact) mass is 725 g/mol. The molecule has 3 heterocycles. The molecule has 272 valence electrons. The molecule has 11 heteroatoms. The summed E-state index contributed by atoms with van der Waals surface area (Å²) in [4.78, 5) is 32.0. The van der Waals surface area contributed by atoms with E-state index in [1.165, 1.54) is 17.4 Å². The first-order valence-corrected chi connectivity index (χ1v) is 20.4. The lowest BCUT2D eigenvalue weighted by Gasteiger charge is -2.58. The number of ether oxygens (including phenoxy) is 2. The highest BCUT2D eigenvalue weighted by Crippen LogP contribution is 2.58. The Morgan fingerprint density at radius 2 is 1.82 bits per heavy atom. The van der Waals surface area contributed by atoms with Crippen molar-refractivity contribution in [1.82, 2.24) is 9.62 Å². The second-order valence-electron chi connectivity index (χ2n) is 16.3. The lowest BCUT2D eigenvalue weighted by atomic mass is 9.50. The van der Waals surface area contributed by atoms with Gasteiger partial charge in [0, 0.05) is 54.1 Å². The molecule has 5 aliphatic rings. The van der Waals surface area contributed by atoms with Crippen LogP contribution in [0.5, 0.6) is 5.75 Å². The lowest BCUT2D eigenvalue weighted by molar-refractivity contribution is -0.136. The van der Waals surface area contributed by atoms with Crippen LogP contribution in [0.15, 0.2) is 36.4 Å². The van der Waals surface area contributed by atoms with E-state index in [1.54, 1.807) is 13.0 Å². The van der Waals surface area contributed by atoms with Crippen molar-refractivity contribution in [2.45, 2.75) is 82.8 Å². The summed E-state index contributed by atoms with van der Waals surface area (Å²) in [5, 5.41) is -0.0492. The quantitative estimate of drug-likeness (QED) is 0.384. The summed E-state index contributed by atoms with van der Waals surface area (Å²) in [6, 6.07) is 11.5. The Labute approximate surface area is 302 Å². The van der Waals surface area contributed by atoms with Gasteiger partial charge in [0.05, 0.1) is 30.8 Å². The number of hydrogen-bond donors (Lipinski definition) is 1. The normalized spacial score (nSPS) is 34.7. The molecule has 1 unspecified atom stereocenters. The van der Waals surface area contributed by atoms with Crippen LogP contribution < -0.4 is 14.4 Å². The molecular weight excluding hydrogens is 674 g/mol. The molecule has 50 heavy (non-hydrogen) atoms. The summed E-state index contributed by atoms with van der Waals surface area (Å²) >= 11 is 6.48. The maximum absolute atomic E-state index is 13.6. The van der Waals surface area contributed by atoms with E-state index < -0.39 is 26.6 Å². The van der Waals surface area contributed by atoms with Gasteiger partial charge in [0.25, 0.3) is 5.91 Å². The number of morpholine rings is 1. The molecule has 1 amide bonds. The number of aldehydes is 1. The Balaban J connectivity index is 1.33. The topological polar surface area (TPSA) is 105 Å². The summed E-state index contributed by atoms with van der Waals surface area (Å²) in [6.07, 6.45) is 8.20. The van der Waals surface area contributed by atoms with Gasteiger partial charge in [0.15, 0.2) is 0 Å². The fourth-order valence-electron chi connectivity index (χ4n) is 9.91. The van der Waals surface area contributed by atoms with Crippen molar-refractivity contribution >= 4 is 39.5 Å². The summed E-state index contributed by atoms with van der Waals surface area (Å²) in [6.45, 7) is 11.4. The van der Waals surface area contributed by atoms with E-state index in [-0.39, 0.29) is 28.2 Å². The molecule has 3 aliphatic heterocycles. The van der Waals surface area contributed by atoms with E-state index in [9.17, 15) is 18.0 Å². The van der Waals surface area contributed by atoms with Gasteiger partial charge in [-0.15, -0.1) is 0 Å². The van der Waals surface area contributed by atoms with Crippen LogP contribution in [0.2, 0.25) is 5.02 Å². The summed E-state index contributed by atoms with van der Waals surface area (Å²) in [5.41, 5.74) is 2.52. The molecule has 2 aromatic rings. The third-order valence-electron chi connectivity index (χ3n) is 13.1. The number of nitrogens with zero attached hydrogens (tertiary/aromatic N) is 2. The van der Waals surface area contributed by atoms with E-state index >= 15 is 0 Å². The van der Waals surface area contributed by atoms with Gasteiger partial charge in [0.2, 0.25) is 10.0 Å². The van der Waals surface area contributed by atoms with Gasteiger partial charge in [-0.3, -0.25) is 9.69 Å². The van der Waals surface area contributed by atoms with Gasteiger partial charge >= 0.3 is 0 Å². The zero-order valence-corrected chi connectivity index (χ0v) is 31.3. The summed E-state index contributed by atoms with van der Waals surface area (Å²) in [5.74, 6) is -0.00467. The highest BCUT2D eigenvalue weighted by atomic mass is 35.5. The molecule has 7 rings (SSSR count). The standard InChI is InChI=1S/C39H52ClN3O6S/c1-27-6-4-13-38(25-44,23-42-16-18-48-19-17-42)35-12-15-37(35,3)22-43-24-39(14-5-7-29-20-31(40)9-10-32(29)39)26-49-34-11-8-30(21-33(34)43)36(45)41-50(46,47)28(27)2/h8-11,20-21,25,27-28,35H,4-7,12-19,22-24,26H2,1-3H3,(H,41,45)/t27-,28+,35+,37?,38-,39-/m0/s1. The van der Waals surface area contributed by atoms with Gasteiger partial charge in [-0.25, -0.2) is 13.1 Å². The Morgan fingerprint density at radius 1 is 1.02 bits per heavy atom. The van der Waals surface area contributed by atoms with E-state index in [0.717, 1.165) is 62.3 Å². The van der Waals surface area contributed by atoms with E-state index in [4.69, 9.17) is 21.1 Å². The van der Waals surface area contributed by atoms with Crippen LogP contribution in [0, 0.1) is 22.7 Å². The Hall–Kier alpha value is -2.66. The number of fused-ring (bicyclic) bond motifs is 4. The smallest absolute Gasteiger partial charge is 0.264 e. The van der Waals surface area contributed by atoms with Crippen LogP contribution in [-0.4, -0.2) is 83.3 Å². The molecule has 2 aliphatic carbocycles. The molecule has 1 saturated carbocycles. The van der Waals surface area contributed by atoms with Crippen LogP contribution in [0.1, 0.15) is 87.2 Å². The average Bonchev–Trinajstić information content (AvgIpc) is 3.23. The van der Waals surface area contributed by atoms with Gasteiger partial charge in [-0.05, 0) is 111 Å². The second-order valence-corrected chi connectivity index (χ2v) is 18.8. The number of benzene rings is 2. The molecule has 6 atom stereocenters. The van der Waals surface area contributed by atoms with Crippen molar-refractivity contribution in [3.8, 4) is 5.75 Å². The van der Waals surface area contributed by atoms with E-state index in [0.29, 0.717) is 58.0 Å². The van der Waals surface area contributed by atoms with Crippen molar-refractivity contribution in [3.63, 3.8) is 0 Å². The van der Waals surface area contributed by atoms with Crippen molar-refractivity contribution in [2.75, 3.05) is 57.4 Å². The zero-order valence-electron chi connectivity index (χ0n) is 29.7. The Morgan fingerprint density at radius 3 is 2.56 bits per heavy atom. The van der Waals surface area contributed by atoms with Crippen molar-refractivity contribution in [2.24, 2.45) is 22.7 Å². The van der Waals surface area contributed by atoms with Crippen molar-refractivity contribution in [3.05, 3.63) is 58.1 Å². The first-order chi connectivity index (χ1) is 23.9. The Kier molecular flexibility index (Phi) is 9.80. The van der Waals surface area contributed by atoms with E-state index in [1.807, 2.05) is 25.1 Å². The van der Waals surface area contributed by atoms with Gasteiger partial charge in [0.1, 0.15) is 12.0 Å². The highest BCUT2D eigenvalue weighted by molar-refractivity contribution is 7.90. The van der Waals surface area contributed by atoms with Crippen LogP contribution >= 0.6 is 11.6 Å². The number of carbonyl (C=O) groups excluding carboxylic acids is 2. The van der Waals surface area contributed by atoms with Gasteiger partial charge in [-0.2, -0.15) is 0 Å². The summed E-state index contributed by atoms with van der Waals surface area (Å²) in [7, 11) is -3.96. The van der Waals surface area contributed by atoms with E-state index in [2.05, 4.69) is 33.6 Å². The van der Waals surface area contributed by atoms with Crippen LogP contribution in [-0.2, 0) is 31.4 Å². The third kappa shape index (κ3) is 6.59. The minimum atomic E-state index is -3.96. The molecule has 1 spiro atoms. The zero-order chi connectivity index (χ0) is 35.3. The number of carbonyl (C=O) groups is 2. The molecule has 0 aromatic heterocycles.